The van der Waals surface area contributed by atoms with Crippen LogP contribution in [-0.2, 0) is 17.1 Å². The molecule has 1 aromatic heterocycles. The number of aryl methyl sites for hydroxylation is 1. The van der Waals surface area contributed by atoms with Crippen molar-refractivity contribution in [1.82, 2.24) is 14.9 Å². The van der Waals surface area contributed by atoms with Crippen LogP contribution in [0.25, 0.3) is 0 Å². The molecule has 0 saturated carbocycles. The molecule has 2 N–H and O–H groups in total. The summed E-state index contributed by atoms with van der Waals surface area (Å²) in [5.41, 5.74) is 1.06. The van der Waals surface area contributed by atoms with Crippen molar-refractivity contribution < 1.29 is 22.0 Å². The summed E-state index contributed by atoms with van der Waals surface area (Å²) in [6, 6.07) is 15.3. The number of hydrogen-bond acceptors (Lipinski definition) is 4. The van der Waals surface area contributed by atoms with E-state index in [1.165, 1.54) is 48.5 Å². The normalized spacial score (nSPS) is 12.2. The largest absolute Gasteiger partial charge is 0.338 e. The maximum atomic E-state index is 13.4. The van der Waals surface area contributed by atoms with Crippen LogP contribution >= 0.6 is 0 Å². The van der Waals surface area contributed by atoms with Crippen molar-refractivity contribution >= 4 is 21.6 Å². The molecule has 174 valence electrons. The predicted octanol–water partition coefficient (Wildman–Crippen LogP) is 4.02. The summed E-state index contributed by atoms with van der Waals surface area (Å²) < 4.78 is 55.8. The standard InChI is InChI=1S/C24H20F2N4O3S/c1-30-15-14-27-23(30)22(16-2-6-18(25)7-3-16)28-24(31)17-4-12-21(13-5-17)34(32,33)29-20-10-8-19(26)9-11-20/h2-15,22,29H,1H3,(H,28,31). The van der Waals surface area contributed by atoms with Gasteiger partial charge < -0.3 is 9.88 Å². The zero-order chi connectivity index (χ0) is 24.3. The van der Waals surface area contributed by atoms with Gasteiger partial charge in [0.2, 0.25) is 0 Å². The minimum absolute atomic E-state index is 0.0624. The first-order valence-electron chi connectivity index (χ1n) is 10.1. The van der Waals surface area contributed by atoms with Gasteiger partial charge >= 0.3 is 0 Å². The first kappa shape index (κ1) is 23.1. The topological polar surface area (TPSA) is 93.1 Å². The van der Waals surface area contributed by atoms with Crippen molar-refractivity contribution in [3.63, 3.8) is 0 Å². The lowest BCUT2D eigenvalue weighted by Gasteiger charge is -2.19. The van der Waals surface area contributed by atoms with Crippen LogP contribution in [0.4, 0.5) is 14.5 Å². The summed E-state index contributed by atoms with van der Waals surface area (Å²) in [7, 11) is -2.16. The third-order valence-electron chi connectivity index (χ3n) is 5.12. The third-order valence-corrected chi connectivity index (χ3v) is 6.52. The lowest BCUT2D eigenvalue weighted by molar-refractivity contribution is 0.0941. The Morgan fingerprint density at radius 2 is 1.50 bits per heavy atom. The number of halogens is 2. The minimum Gasteiger partial charge on any atom is -0.338 e. The molecule has 0 radical (unpaired) electrons. The summed E-state index contributed by atoms with van der Waals surface area (Å²) in [5.74, 6) is -0.807. The van der Waals surface area contributed by atoms with E-state index in [1.54, 1.807) is 36.1 Å². The van der Waals surface area contributed by atoms with E-state index in [2.05, 4.69) is 15.0 Å². The summed E-state index contributed by atoms with van der Waals surface area (Å²) in [6.07, 6.45) is 3.32. The highest BCUT2D eigenvalue weighted by Gasteiger charge is 2.22. The van der Waals surface area contributed by atoms with E-state index in [0.29, 0.717) is 11.4 Å². The Balaban J connectivity index is 1.54. The second kappa shape index (κ2) is 9.44. The highest BCUT2D eigenvalue weighted by atomic mass is 32.2. The number of nitrogens with one attached hydrogen (secondary N) is 2. The van der Waals surface area contributed by atoms with Gasteiger partial charge in [0.05, 0.1) is 4.90 Å². The van der Waals surface area contributed by atoms with Gasteiger partial charge in [0.1, 0.15) is 23.5 Å². The van der Waals surface area contributed by atoms with Crippen molar-refractivity contribution in [3.05, 3.63) is 114 Å². The highest BCUT2D eigenvalue weighted by molar-refractivity contribution is 7.92. The molecule has 7 nitrogen and oxygen atoms in total. The van der Waals surface area contributed by atoms with E-state index in [4.69, 9.17) is 0 Å². The van der Waals surface area contributed by atoms with Gasteiger partial charge in [0.25, 0.3) is 15.9 Å². The number of imidazole rings is 1. The Hall–Kier alpha value is -4.05. The van der Waals surface area contributed by atoms with Gasteiger partial charge in [-0.3, -0.25) is 9.52 Å². The van der Waals surface area contributed by atoms with Gasteiger partial charge in [-0.15, -0.1) is 0 Å². The summed E-state index contributed by atoms with van der Waals surface area (Å²) in [4.78, 5) is 17.2. The summed E-state index contributed by atoms with van der Waals surface area (Å²) in [5, 5.41) is 2.87. The number of amides is 1. The molecule has 0 fully saturated rings. The van der Waals surface area contributed by atoms with Crippen molar-refractivity contribution in [2.24, 2.45) is 7.05 Å². The number of sulfonamides is 1. The first-order chi connectivity index (χ1) is 16.2. The minimum atomic E-state index is -3.93. The second-order valence-corrected chi connectivity index (χ2v) is 9.17. The molecule has 0 spiro atoms. The number of nitrogens with zero attached hydrogens (tertiary/aromatic N) is 2. The molecule has 3 aromatic carbocycles. The molecule has 1 amide bonds. The molecular weight excluding hydrogens is 462 g/mol. The maximum Gasteiger partial charge on any atom is 0.261 e. The number of benzene rings is 3. The van der Waals surface area contributed by atoms with Crippen LogP contribution in [-0.4, -0.2) is 23.9 Å². The van der Waals surface area contributed by atoms with E-state index in [1.807, 2.05) is 0 Å². The number of rotatable bonds is 7. The van der Waals surface area contributed by atoms with E-state index in [-0.39, 0.29) is 16.1 Å². The van der Waals surface area contributed by atoms with Crippen LogP contribution in [0.3, 0.4) is 0 Å². The maximum absolute atomic E-state index is 13.4. The third kappa shape index (κ3) is 5.12. The predicted molar refractivity (Wildman–Crippen MR) is 123 cm³/mol. The van der Waals surface area contributed by atoms with Gasteiger partial charge in [-0.05, 0) is 66.2 Å². The Labute approximate surface area is 195 Å². The van der Waals surface area contributed by atoms with Crippen molar-refractivity contribution in [1.29, 1.82) is 0 Å². The Kier molecular flexibility index (Phi) is 6.42. The molecule has 34 heavy (non-hydrogen) atoms. The molecule has 0 saturated heterocycles. The van der Waals surface area contributed by atoms with Crippen LogP contribution in [0.2, 0.25) is 0 Å². The quantitative estimate of drug-likeness (QED) is 0.416. The number of hydrogen-bond donors (Lipinski definition) is 2. The number of carbonyl (C=O) groups excluding carboxylic acids is 1. The Morgan fingerprint density at radius 1 is 0.912 bits per heavy atom. The van der Waals surface area contributed by atoms with Gasteiger partial charge in [-0.1, -0.05) is 12.1 Å². The molecule has 10 heteroatoms. The van der Waals surface area contributed by atoms with Crippen LogP contribution in [0, 0.1) is 11.6 Å². The molecule has 0 aliphatic carbocycles. The van der Waals surface area contributed by atoms with Crippen molar-refractivity contribution in [3.8, 4) is 0 Å². The zero-order valence-corrected chi connectivity index (χ0v) is 18.8. The number of aromatic nitrogens is 2. The molecule has 1 unspecified atom stereocenters. The molecule has 0 aliphatic rings. The smallest absolute Gasteiger partial charge is 0.261 e. The van der Waals surface area contributed by atoms with E-state index >= 15 is 0 Å². The number of carbonyl (C=O) groups is 1. The SMILES string of the molecule is Cn1ccnc1C(NC(=O)c1ccc(S(=O)(=O)Nc2ccc(F)cc2)cc1)c1ccc(F)cc1. The van der Waals surface area contributed by atoms with Gasteiger partial charge in [-0.25, -0.2) is 22.2 Å². The van der Waals surface area contributed by atoms with Crippen LogP contribution in [0.1, 0.15) is 27.8 Å². The fraction of sp³-hybridized carbons (Fsp3) is 0.0833. The summed E-state index contributed by atoms with van der Waals surface area (Å²) in [6.45, 7) is 0. The van der Waals surface area contributed by atoms with Crippen molar-refractivity contribution in [2.45, 2.75) is 10.9 Å². The monoisotopic (exact) mass is 482 g/mol. The molecule has 0 bridgehead atoms. The fourth-order valence-corrected chi connectivity index (χ4v) is 4.40. The molecule has 4 rings (SSSR count). The van der Waals surface area contributed by atoms with E-state index in [0.717, 1.165) is 12.1 Å². The first-order valence-corrected chi connectivity index (χ1v) is 11.6. The lowest BCUT2D eigenvalue weighted by Crippen LogP contribution is -2.31. The molecule has 1 atom stereocenters. The zero-order valence-electron chi connectivity index (χ0n) is 17.9. The Bertz CT molecular complexity index is 1400. The molecule has 1 heterocycles. The van der Waals surface area contributed by atoms with E-state index in [9.17, 15) is 22.0 Å². The van der Waals surface area contributed by atoms with Gasteiger partial charge in [0, 0.05) is 30.7 Å². The highest BCUT2D eigenvalue weighted by Crippen LogP contribution is 2.22. The Morgan fingerprint density at radius 3 is 2.06 bits per heavy atom. The van der Waals surface area contributed by atoms with Crippen LogP contribution < -0.4 is 10.0 Å². The molecular formula is C24H20F2N4O3S. The molecule has 0 aliphatic heterocycles. The van der Waals surface area contributed by atoms with Crippen LogP contribution in [0.15, 0.2) is 90.1 Å². The van der Waals surface area contributed by atoms with Crippen LogP contribution in [0.5, 0.6) is 0 Å². The average molecular weight is 483 g/mol. The van der Waals surface area contributed by atoms with Gasteiger partial charge in [0.15, 0.2) is 0 Å². The lowest BCUT2D eigenvalue weighted by atomic mass is 10.1. The molecule has 4 aromatic rings. The summed E-state index contributed by atoms with van der Waals surface area (Å²) >= 11 is 0. The van der Waals surface area contributed by atoms with Crippen molar-refractivity contribution in [2.75, 3.05) is 4.72 Å². The fourth-order valence-electron chi connectivity index (χ4n) is 3.34. The van der Waals surface area contributed by atoms with E-state index < -0.39 is 33.6 Å². The van der Waals surface area contributed by atoms with Gasteiger partial charge in [-0.2, -0.15) is 0 Å². The second-order valence-electron chi connectivity index (χ2n) is 7.49. The number of anilines is 1. The average Bonchev–Trinajstić information content (AvgIpc) is 3.25.